The summed E-state index contributed by atoms with van der Waals surface area (Å²) in [6.07, 6.45) is 1.82. The molecular formula is C24H34N6O6S. The third-order valence-electron chi connectivity index (χ3n) is 6.08. The molecule has 5 unspecified atom stereocenters. The van der Waals surface area contributed by atoms with E-state index in [1.807, 2.05) is 31.2 Å². The molecule has 1 aromatic carbocycles. The van der Waals surface area contributed by atoms with Crippen LogP contribution in [0.2, 0.25) is 0 Å². The lowest BCUT2D eigenvalue weighted by Crippen LogP contribution is -2.59. The maximum atomic E-state index is 13.2. The molecule has 0 aliphatic heterocycles. The van der Waals surface area contributed by atoms with E-state index in [9.17, 15) is 29.1 Å². The van der Waals surface area contributed by atoms with E-state index in [0.29, 0.717) is 6.42 Å². The van der Waals surface area contributed by atoms with Crippen molar-refractivity contribution in [3.05, 3.63) is 36.0 Å². The Morgan fingerprint density at radius 2 is 1.68 bits per heavy atom. The second kappa shape index (κ2) is 13.7. The molecule has 2 aromatic rings. The largest absolute Gasteiger partial charge is 0.480 e. The summed E-state index contributed by atoms with van der Waals surface area (Å²) in [6.45, 7) is 3.55. The number of carbonyl (C=O) groups excluding carboxylic acids is 4. The predicted molar refractivity (Wildman–Crippen MR) is 141 cm³/mol. The number of benzene rings is 1. The van der Waals surface area contributed by atoms with Gasteiger partial charge in [0.25, 0.3) is 0 Å². The van der Waals surface area contributed by atoms with Crippen LogP contribution in [0.5, 0.6) is 0 Å². The third kappa shape index (κ3) is 8.22. The number of nitrogens with one attached hydrogen (secondary N) is 4. The summed E-state index contributed by atoms with van der Waals surface area (Å²) < 4.78 is 0. The minimum atomic E-state index is -1.25. The van der Waals surface area contributed by atoms with Crippen molar-refractivity contribution in [2.24, 2.45) is 17.4 Å². The Balaban J connectivity index is 2.14. The Morgan fingerprint density at radius 1 is 1.03 bits per heavy atom. The number of amides is 4. The Morgan fingerprint density at radius 3 is 2.27 bits per heavy atom. The molecule has 4 amide bonds. The molecule has 202 valence electrons. The lowest BCUT2D eigenvalue weighted by Gasteiger charge is -2.27. The molecule has 2 rings (SSSR count). The van der Waals surface area contributed by atoms with E-state index >= 15 is 0 Å². The fraction of sp³-hybridized carbons (Fsp3) is 0.458. The summed E-state index contributed by atoms with van der Waals surface area (Å²) in [6, 6.07) is 2.66. The van der Waals surface area contributed by atoms with Crippen LogP contribution < -0.4 is 27.4 Å². The summed E-state index contributed by atoms with van der Waals surface area (Å²) in [5, 5.41) is 18.1. The number of aromatic amines is 1. The molecule has 0 aliphatic carbocycles. The molecule has 0 spiro atoms. The molecule has 37 heavy (non-hydrogen) atoms. The molecular weight excluding hydrogens is 500 g/mol. The Kier molecular flexibility index (Phi) is 10.9. The van der Waals surface area contributed by atoms with Crippen molar-refractivity contribution in [2.45, 2.75) is 57.3 Å². The predicted octanol–water partition coefficient (Wildman–Crippen LogP) is -0.572. The smallest absolute Gasteiger partial charge is 0.326 e. The van der Waals surface area contributed by atoms with Crippen LogP contribution in [0.1, 0.15) is 32.3 Å². The summed E-state index contributed by atoms with van der Waals surface area (Å²) >= 11 is 4.09. The van der Waals surface area contributed by atoms with Crippen LogP contribution >= 0.6 is 12.6 Å². The number of carbonyl (C=O) groups is 5. The SMILES string of the molecule is CCC(C)C(NC(=O)C(CS)NC(=O)C(N)CC(N)=O)C(=O)NC(Cc1c[nH]c2ccccc12)C(=O)O. The number of carboxylic acids is 1. The standard InChI is InChI=1S/C24H34N6O6S/c1-3-12(2)20(30-22(33)18(11-37)29-21(32)15(25)9-19(26)31)23(34)28-17(24(35)36)8-13-10-27-16-7-5-4-6-14(13)16/h4-7,10,12,15,17-18,20,27,37H,3,8-9,11,25H2,1-2H3,(H2,26,31)(H,28,34)(H,29,32)(H,30,33)(H,35,36). The lowest BCUT2D eigenvalue weighted by atomic mass is 9.97. The molecule has 0 fully saturated rings. The zero-order valence-corrected chi connectivity index (χ0v) is 21.6. The summed E-state index contributed by atoms with van der Waals surface area (Å²) in [4.78, 5) is 64.4. The highest BCUT2D eigenvalue weighted by molar-refractivity contribution is 7.80. The number of H-pyrrole nitrogens is 1. The minimum absolute atomic E-state index is 0.0271. The van der Waals surface area contributed by atoms with Crippen LogP contribution in [0, 0.1) is 5.92 Å². The van der Waals surface area contributed by atoms with Crippen molar-refractivity contribution in [1.82, 2.24) is 20.9 Å². The molecule has 13 heteroatoms. The lowest BCUT2D eigenvalue weighted by molar-refractivity contribution is -0.142. The van der Waals surface area contributed by atoms with Crippen molar-refractivity contribution >= 4 is 53.1 Å². The van der Waals surface area contributed by atoms with Gasteiger partial charge in [0.2, 0.25) is 23.6 Å². The van der Waals surface area contributed by atoms with Gasteiger partial charge in [-0.1, -0.05) is 38.5 Å². The highest BCUT2D eigenvalue weighted by atomic mass is 32.1. The second-order valence-electron chi connectivity index (χ2n) is 8.86. The van der Waals surface area contributed by atoms with Gasteiger partial charge in [0, 0.05) is 29.3 Å². The maximum Gasteiger partial charge on any atom is 0.326 e. The topological polar surface area (TPSA) is 209 Å². The quantitative estimate of drug-likeness (QED) is 0.148. The first-order chi connectivity index (χ1) is 17.5. The number of rotatable bonds is 14. The number of para-hydroxylation sites is 1. The number of aliphatic carboxylic acids is 1. The molecule has 0 saturated heterocycles. The highest BCUT2D eigenvalue weighted by Gasteiger charge is 2.32. The van der Waals surface area contributed by atoms with Crippen molar-refractivity contribution in [3.8, 4) is 0 Å². The number of primary amides is 1. The average Bonchev–Trinajstić information content (AvgIpc) is 3.26. The second-order valence-corrected chi connectivity index (χ2v) is 9.22. The maximum absolute atomic E-state index is 13.2. The van der Waals surface area contributed by atoms with E-state index in [2.05, 4.69) is 33.6 Å². The molecule has 0 bridgehead atoms. The third-order valence-corrected chi connectivity index (χ3v) is 6.45. The van der Waals surface area contributed by atoms with E-state index in [4.69, 9.17) is 11.5 Å². The first-order valence-corrected chi connectivity index (χ1v) is 12.4. The first kappa shape index (κ1) is 29.6. The highest BCUT2D eigenvalue weighted by Crippen LogP contribution is 2.19. The normalized spacial score (nSPS) is 15.1. The van der Waals surface area contributed by atoms with Gasteiger partial charge in [-0.25, -0.2) is 4.79 Å². The van der Waals surface area contributed by atoms with Crippen LogP contribution in [-0.4, -0.2) is 69.6 Å². The average molecular weight is 535 g/mol. The number of nitrogens with two attached hydrogens (primary N) is 2. The molecule has 0 saturated carbocycles. The summed E-state index contributed by atoms with van der Waals surface area (Å²) in [7, 11) is 0. The van der Waals surface area contributed by atoms with Gasteiger partial charge >= 0.3 is 5.97 Å². The molecule has 12 nitrogen and oxygen atoms in total. The van der Waals surface area contributed by atoms with Gasteiger partial charge in [0.1, 0.15) is 18.1 Å². The Bertz CT molecular complexity index is 1140. The van der Waals surface area contributed by atoms with Crippen molar-refractivity contribution < 1.29 is 29.1 Å². The molecule has 1 heterocycles. The van der Waals surface area contributed by atoms with Crippen molar-refractivity contribution in [1.29, 1.82) is 0 Å². The van der Waals surface area contributed by atoms with E-state index in [1.54, 1.807) is 13.1 Å². The van der Waals surface area contributed by atoms with Gasteiger partial charge in [0.05, 0.1) is 12.5 Å². The van der Waals surface area contributed by atoms with Gasteiger partial charge in [-0.05, 0) is 17.5 Å². The van der Waals surface area contributed by atoms with Crippen LogP contribution in [0.3, 0.4) is 0 Å². The number of hydrogen-bond acceptors (Lipinski definition) is 7. The minimum Gasteiger partial charge on any atom is -0.480 e. The number of carboxylic acid groups (broad SMARTS) is 1. The number of fused-ring (bicyclic) bond motifs is 1. The molecule has 5 atom stereocenters. The first-order valence-electron chi connectivity index (χ1n) is 11.8. The van der Waals surface area contributed by atoms with E-state index in [-0.39, 0.29) is 18.1 Å². The Labute approximate surface area is 219 Å². The zero-order valence-electron chi connectivity index (χ0n) is 20.7. The fourth-order valence-corrected chi connectivity index (χ4v) is 3.98. The van der Waals surface area contributed by atoms with E-state index < -0.39 is 60.2 Å². The molecule has 1 aromatic heterocycles. The van der Waals surface area contributed by atoms with E-state index in [0.717, 1.165) is 16.5 Å². The number of thiol groups is 1. The number of hydrogen-bond donors (Lipinski definition) is 8. The van der Waals surface area contributed by atoms with Crippen LogP contribution in [0.4, 0.5) is 0 Å². The van der Waals surface area contributed by atoms with Gasteiger partial charge in [-0.3, -0.25) is 19.2 Å². The van der Waals surface area contributed by atoms with Gasteiger partial charge in [-0.2, -0.15) is 12.6 Å². The molecule has 0 radical (unpaired) electrons. The zero-order chi connectivity index (χ0) is 27.7. The van der Waals surface area contributed by atoms with Gasteiger partial charge in [-0.15, -0.1) is 0 Å². The van der Waals surface area contributed by atoms with Crippen molar-refractivity contribution in [3.63, 3.8) is 0 Å². The summed E-state index contributed by atoms with van der Waals surface area (Å²) in [5.74, 6) is -4.64. The molecule has 0 aliphatic rings. The van der Waals surface area contributed by atoms with Crippen LogP contribution in [0.15, 0.2) is 30.5 Å². The number of aromatic nitrogens is 1. The van der Waals surface area contributed by atoms with Crippen molar-refractivity contribution in [2.75, 3.05) is 5.75 Å². The summed E-state index contributed by atoms with van der Waals surface area (Å²) in [5.41, 5.74) is 12.2. The van der Waals surface area contributed by atoms with E-state index in [1.165, 1.54) is 0 Å². The fourth-order valence-electron chi connectivity index (χ4n) is 3.72. The van der Waals surface area contributed by atoms with Gasteiger partial charge in [0.15, 0.2) is 0 Å². The van der Waals surface area contributed by atoms with Crippen LogP contribution in [-0.2, 0) is 30.4 Å². The van der Waals surface area contributed by atoms with Gasteiger partial charge < -0.3 is 37.5 Å². The van der Waals surface area contributed by atoms with Crippen LogP contribution in [0.25, 0.3) is 10.9 Å². The molecule has 9 N–H and O–H groups in total. The monoisotopic (exact) mass is 534 g/mol. The Hall–Kier alpha value is -3.58.